The molecule has 186 valence electrons. The van der Waals surface area contributed by atoms with Crippen molar-refractivity contribution in [3.8, 4) is 11.5 Å². The Hall–Kier alpha value is -3.12. The number of aromatic nitrogens is 1. The van der Waals surface area contributed by atoms with Gasteiger partial charge in [-0.15, -0.1) is 0 Å². The van der Waals surface area contributed by atoms with Gasteiger partial charge in [0.1, 0.15) is 11.5 Å². The van der Waals surface area contributed by atoms with Crippen LogP contribution in [0, 0.1) is 11.8 Å². The third-order valence-electron chi connectivity index (χ3n) is 7.80. The van der Waals surface area contributed by atoms with Crippen molar-refractivity contribution in [1.82, 2.24) is 15.2 Å². The Labute approximate surface area is 208 Å². The van der Waals surface area contributed by atoms with Gasteiger partial charge in [-0.3, -0.25) is 9.78 Å². The van der Waals surface area contributed by atoms with Crippen molar-refractivity contribution in [3.05, 3.63) is 65.9 Å². The Morgan fingerprint density at radius 3 is 2.74 bits per heavy atom. The molecule has 6 heteroatoms. The van der Waals surface area contributed by atoms with E-state index in [0.29, 0.717) is 23.1 Å². The van der Waals surface area contributed by atoms with E-state index in [9.17, 15) is 9.90 Å². The van der Waals surface area contributed by atoms with E-state index in [-0.39, 0.29) is 17.4 Å². The Balaban J connectivity index is 1.42. The minimum atomic E-state index is -0.0939. The van der Waals surface area contributed by atoms with E-state index in [1.165, 1.54) is 5.56 Å². The van der Waals surface area contributed by atoms with Gasteiger partial charge in [0.15, 0.2) is 0 Å². The van der Waals surface area contributed by atoms with Gasteiger partial charge in [0.2, 0.25) is 0 Å². The van der Waals surface area contributed by atoms with Crippen LogP contribution >= 0.6 is 0 Å². The van der Waals surface area contributed by atoms with Crippen LogP contribution in [0.15, 0.2) is 54.7 Å². The van der Waals surface area contributed by atoms with Gasteiger partial charge in [-0.25, -0.2) is 0 Å². The molecule has 0 saturated carbocycles. The number of fused-ring (bicyclic) bond motifs is 1. The van der Waals surface area contributed by atoms with Gasteiger partial charge >= 0.3 is 0 Å². The summed E-state index contributed by atoms with van der Waals surface area (Å²) in [4.78, 5) is 20.1. The van der Waals surface area contributed by atoms with Gasteiger partial charge in [-0.2, -0.15) is 0 Å². The lowest BCUT2D eigenvalue weighted by Crippen LogP contribution is -2.53. The van der Waals surface area contributed by atoms with Crippen molar-refractivity contribution in [2.75, 3.05) is 26.7 Å². The molecule has 1 aromatic heterocycles. The number of amides is 1. The number of phenolic OH excluding ortho intramolecular Hbond substituents is 1. The summed E-state index contributed by atoms with van der Waals surface area (Å²) in [6.07, 6.45) is 2.65. The molecule has 0 aliphatic carbocycles. The Kier molecular flexibility index (Phi) is 7.31. The number of likely N-dealkylation sites (tertiary alicyclic amines) is 1. The molecular weight excluding hydrogens is 438 g/mol. The zero-order valence-corrected chi connectivity index (χ0v) is 21.4. The van der Waals surface area contributed by atoms with Crippen LogP contribution in [-0.4, -0.2) is 53.7 Å². The highest BCUT2D eigenvalue weighted by Crippen LogP contribution is 2.40. The van der Waals surface area contributed by atoms with Crippen LogP contribution in [0.5, 0.6) is 11.5 Å². The summed E-state index contributed by atoms with van der Waals surface area (Å²) in [6.45, 7) is 11.6. The van der Waals surface area contributed by atoms with Crippen LogP contribution in [0.25, 0.3) is 10.9 Å². The summed E-state index contributed by atoms with van der Waals surface area (Å²) in [5, 5.41) is 14.2. The molecule has 3 aromatic rings. The average Bonchev–Trinajstić information content (AvgIpc) is 2.85. The first-order valence-electron chi connectivity index (χ1n) is 12.5. The summed E-state index contributed by atoms with van der Waals surface area (Å²) in [6, 6.07) is 15.3. The number of pyridine rings is 1. The van der Waals surface area contributed by atoms with E-state index in [4.69, 9.17) is 4.74 Å². The zero-order chi connectivity index (χ0) is 25.2. The Morgan fingerprint density at radius 2 is 2.06 bits per heavy atom. The molecular formula is C29H37N3O3. The molecule has 1 aliphatic heterocycles. The molecule has 2 aromatic carbocycles. The molecule has 2 heterocycles. The molecule has 0 spiro atoms. The fourth-order valence-corrected chi connectivity index (χ4v) is 5.08. The number of phenols is 1. The maximum atomic E-state index is 13.1. The van der Waals surface area contributed by atoms with E-state index in [1.807, 2.05) is 36.4 Å². The Morgan fingerprint density at radius 1 is 1.26 bits per heavy atom. The molecule has 0 bridgehead atoms. The first-order chi connectivity index (χ1) is 16.7. The molecule has 0 radical (unpaired) electrons. The topological polar surface area (TPSA) is 74.7 Å². The molecule has 3 atom stereocenters. The van der Waals surface area contributed by atoms with Gasteiger partial charge in [0, 0.05) is 36.8 Å². The van der Waals surface area contributed by atoms with Crippen molar-refractivity contribution in [1.29, 1.82) is 0 Å². The molecule has 2 N–H and O–H groups in total. The lowest BCUT2D eigenvalue weighted by Gasteiger charge is -2.46. The largest absolute Gasteiger partial charge is 0.508 e. The van der Waals surface area contributed by atoms with Crippen molar-refractivity contribution in [2.24, 2.45) is 11.8 Å². The summed E-state index contributed by atoms with van der Waals surface area (Å²) in [7, 11) is 1.63. The summed E-state index contributed by atoms with van der Waals surface area (Å²) < 4.78 is 5.27. The minimum absolute atomic E-state index is 0.0191. The van der Waals surface area contributed by atoms with Crippen LogP contribution < -0.4 is 10.1 Å². The van der Waals surface area contributed by atoms with Crippen LogP contribution in [0.3, 0.4) is 0 Å². The van der Waals surface area contributed by atoms with Gasteiger partial charge < -0.3 is 20.1 Å². The predicted octanol–water partition coefficient (Wildman–Crippen LogP) is 5.00. The average molecular weight is 476 g/mol. The van der Waals surface area contributed by atoms with Crippen molar-refractivity contribution in [3.63, 3.8) is 0 Å². The number of methoxy groups -OCH3 is 1. The quantitative estimate of drug-likeness (QED) is 0.503. The second kappa shape index (κ2) is 10.2. The number of benzene rings is 2. The second-order valence-electron chi connectivity index (χ2n) is 10.5. The molecule has 1 amide bonds. The van der Waals surface area contributed by atoms with E-state index in [0.717, 1.165) is 42.7 Å². The van der Waals surface area contributed by atoms with Crippen LogP contribution in [0.4, 0.5) is 0 Å². The molecule has 1 saturated heterocycles. The number of nitrogens with zero attached hydrogens (tertiary/aromatic N) is 2. The van der Waals surface area contributed by atoms with E-state index < -0.39 is 0 Å². The predicted molar refractivity (Wildman–Crippen MR) is 140 cm³/mol. The van der Waals surface area contributed by atoms with Crippen molar-refractivity contribution in [2.45, 2.75) is 45.6 Å². The van der Waals surface area contributed by atoms with Gasteiger partial charge in [-0.1, -0.05) is 39.8 Å². The Bertz CT molecular complexity index is 1190. The monoisotopic (exact) mass is 475 g/mol. The number of hydrogen-bond donors (Lipinski definition) is 2. The molecule has 1 fully saturated rings. The number of carbonyl (C=O) groups excluding carboxylic acids is 1. The fourth-order valence-electron chi connectivity index (χ4n) is 5.08. The van der Waals surface area contributed by atoms with Gasteiger partial charge in [-0.05, 0) is 66.1 Å². The number of rotatable bonds is 7. The first kappa shape index (κ1) is 25.0. The molecule has 35 heavy (non-hydrogen) atoms. The summed E-state index contributed by atoms with van der Waals surface area (Å²) >= 11 is 0. The SMILES string of the molecule is COc1ccc2cc(C(=O)N[C@H](CN3CC[C@@](C)(c4cccc(O)c4)[C@@H](C)C3)C(C)C)cnc2c1. The highest BCUT2D eigenvalue weighted by atomic mass is 16.5. The maximum Gasteiger partial charge on any atom is 0.253 e. The smallest absolute Gasteiger partial charge is 0.253 e. The van der Waals surface area contributed by atoms with Crippen LogP contribution in [-0.2, 0) is 5.41 Å². The highest BCUT2D eigenvalue weighted by Gasteiger charge is 2.38. The van der Waals surface area contributed by atoms with Gasteiger partial charge in [0.05, 0.1) is 18.2 Å². The second-order valence-corrected chi connectivity index (χ2v) is 10.5. The third kappa shape index (κ3) is 5.43. The number of ether oxygens (including phenoxy) is 1. The first-order valence-corrected chi connectivity index (χ1v) is 12.5. The lowest BCUT2D eigenvalue weighted by molar-refractivity contribution is 0.0815. The number of nitrogens with one attached hydrogen (secondary N) is 1. The number of hydrogen-bond acceptors (Lipinski definition) is 5. The third-order valence-corrected chi connectivity index (χ3v) is 7.80. The highest BCUT2D eigenvalue weighted by molar-refractivity contribution is 5.97. The minimum Gasteiger partial charge on any atom is -0.508 e. The van der Waals surface area contributed by atoms with Crippen molar-refractivity contribution >= 4 is 16.8 Å². The van der Waals surface area contributed by atoms with Crippen LogP contribution in [0.1, 0.15) is 50.0 Å². The molecule has 6 nitrogen and oxygen atoms in total. The van der Waals surface area contributed by atoms with Crippen molar-refractivity contribution < 1.29 is 14.6 Å². The maximum absolute atomic E-state index is 13.1. The van der Waals surface area contributed by atoms with Crippen LogP contribution in [0.2, 0.25) is 0 Å². The molecule has 4 rings (SSSR count). The molecule has 0 unspecified atom stereocenters. The zero-order valence-electron chi connectivity index (χ0n) is 21.4. The van der Waals surface area contributed by atoms with E-state index in [1.54, 1.807) is 19.4 Å². The number of carbonyl (C=O) groups is 1. The number of piperidine rings is 1. The fraction of sp³-hybridized carbons (Fsp3) is 0.448. The molecule has 1 aliphatic rings. The van der Waals surface area contributed by atoms with E-state index >= 15 is 0 Å². The normalized spacial score (nSPS) is 21.7. The summed E-state index contributed by atoms with van der Waals surface area (Å²) in [5.41, 5.74) is 2.58. The van der Waals surface area contributed by atoms with Gasteiger partial charge in [0.25, 0.3) is 5.91 Å². The summed E-state index contributed by atoms with van der Waals surface area (Å²) in [5.74, 6) is 1.69. The lowest BCUT2D eigenvalue weighted by atomic mass is 9.68. The van der Waals surface area contributed by atoms with E-state index in [2.05, 4.69) is 49.0 Å². The standard InChI is InChI=1S/C29H37N3O3/c1-19(2)27(31-28(34)22-13-21-9-10-25(35-5)15-26(21)30-16-22)18-32-12-11-29(4,20(3)17-32)23-7-6-8-24(33)14-23/h6-10,13-16,19-20,27,33H,11-12,17-18H2,1-5H3,(H,31,34)/t20-,27+,29+/m0/s1. The number of aromatic hydroxyl groups is 1.